The quantitative estimate of drug-likeness (QED) is 0.316. The molecule has 4 heterocycles. The topological polar surface area (TPSA) is 59.5 Å². The number of benzene rings is 2. The molecular formula is C31H40N2O3S. The largest absolute Gasteiger partial charge is 0.497 e. The van der Waals surface area contributed by atoms with E-state index in [4.69, 9.17) is 4.74 Å². The van der Waals surface area contributed by atoms with Crippen LogP contribution in [0.25, 0.3) is 10.9 Å². The summed E-state index contributed by atoms with van der Waals surface area (Å²) in [4.78, 5) is 7.61. The second kappa shape index (κ2) is 11.1. The molecule has 2 aromatic carbocycles. The molecule has 3 saturated heterocycles. The lowest BCUT2D eigenvalue weighted by atomic mass is 9.70. The fourth-order valence-corrected chi connectivity index (χ4v) is 8.40. The van der Waals surface area contributed by atoms with E-state index in [2.05, 4.69) is 23.7 Å². The molecule has 0 N–H and O–H groups in total. The summed E-state index contributed by atoms with van der Waals surface area (Å²) in [6.45, 7) is 6.55. The second-order valence-electron chi connectivity index (χ2n) is 11.0. The van der Waals surface area contributed by atoms with E-state index in [0.29, 0.717) is 10.8 Å². The van der Waals surface area contributed by atoms with Crippen molar-refractivity contribution in [3.63, 3.8) is 0 Å². The molecule has 3 unspecified atom stereocenters. The van der Waals surface area contributed by atoms with Gasteiger partial charge in [0.15, 0.2) is 9.84 Å². The van der Waals surface area contributed by atoms with Crippen molar-refractivity contribution in [3.05, 3.63) is 65.9 Å². The third kappa shape index (κ3) is 5.42. The molecule has 3 aliphatic rings. The molecule has 3 aliphatic heterocycles. The highest BCUT2D eigenvalue weighted by Crippen LogP contribution is 2.45. The highest BCUT2D eigenvalue weighted by molar-refractivity contribution is 7.91. The summed E-state index contributed by atoms with van der Waals surface area (Å²) in [6.07, 6.45) is 8.60. The number of nitrogens with zero attached hydrogens (tertiary/aromatic N) is 2. The van der Waals surface area contributed by atoms with Crippen LogP contribution in [-0.2, 0) is 16.3 Å². The van der Waals surface area contributed by atoms with Gasteiger partial charge in [0.25, 0.3) is 0 Å². The van der Waals surface area contributed by atoms with E-state index in [9.17, 15) is 8.42 Å². The lowest BCUT2D eigenvalue weighted by Gasteiger charge is -2.52. The zero-order valence-corrected chi connectivity index (χ0v) is 23.2. The van der Waals surface area contributed by atoms with Crippen LogP contribution < -0.4 is 4.74 Å². The van der Waals surface area contributed by atoms with Crippen LogP contribution in [0.15, 0.2) is 59.6 Å². The van der Waals surface area contributed by atoms with Gasteiger partial charge in [-0.2, -0.15) is 0 Å². The van der Waals surface area contributed by atoms with Gasteiger partial charge in [0, 0.05) is 30.1 Å². The summed E-state index contributed by atoms with van der Waals surface area (Å²) in [5, 5.41) is 0.994. The average molecular weight is 521 g/mol. The molecule has 37 heavy (non-hydrogen) atoms. The van der Waals surface area contributed by atoms with Crippen molar-refractivity contribution < 1.29 is 13.2 Å². The zero-order chi connectivity index (χ0) is 26.0. The van der Waals surface area contributed by atoms with Crippen LogP contribution in [0.2, 0.25) is 0 Å². The summed E-state index contributed by atoms with van der Waals surface area (Å²) >= 11 is 0. The van der Waals surface area contributed by atoms with E-state index < -0.39 is 9.84 Å². The first-order valence-corrected chi connectivity index (χ1v) is 15.6. The van der Waals surface area contributed by atoms with Crippen LogP contribution in [-0.4, -0.2) is 50.3 Å². The lowest BCUT2D eigenvalue weighted by Crippen LogP contribution is -2.56. The minimum Gasteiger partial charge on any atom is -0.497 e. The van der Waals surface area contributed by atoms with Crippen molar-refractivity contribution in [2.24, 2.45) is 11.8 Å². The molecule has 0 radical (unpaired) electrons. The van der Waals surface area contributed by atoms with Crippen LogP contribution in [0.5, 0.6) is 5.75 Å². The maximum absolute atomic E-state index is 13.9. The fourth-order valence-electron chi connectivity index (χ4n) is 6.79. The van der Waals surface area contributed by atoms with Crippen LogP contribution in [0.1, 0.15) is 63.0 Å². The van der Waals surface area contributed by atoms with Crippen molar-refractivity contribution >= 4 is 20.7 Å². The first-order valence-electron chi connectivity index (χ1n) is 13.9. The molecule has 3 aromatic rings. The summed E-state index contributed by atoms with van der Waals surface area (Å²) in [6, 6.07) is 15.7. The molecule has 5 nitrogen and oxygen atoms in total. The Morgan fingerprint density at radius 1 is 1.08 bits per heavy atom. The van der Waals surface area contributed by atoms with Crippen molar-refractivity contribution in [1.82, 2.24) is 9.88 Å². The van der Waals surface area contributed by atoms with E-state index in [1.165, 1.54) is 24.8 Å². The van der Waals surface area contributed by atoms with Gasteiger partial charge in [0.2, 0.25) is 0 Å². The Kier molecular flexibility index (Phi) is 7.87. The predicted octanol–water partition coefficient (Wildman–Crippen LogP) is 6.26. The number of rotatable bonds is 10. The van der Waals surface area contributed by atoms with Crippen LogP contribution in [0, 0.1) is 11.8 Å². The van der Waals surface area contributed by atoms with Crippen LogP contribution in [0.4, 0.5) is 0 Å². The first kappa shape index (κ1) is 26.2. The lowest BCUT2D eigenvalue weighted by molar-refractivity contribution is -0.0105. The van der Waals surface area contributed by atoms with Crippen LogP contribution >= 0.6 is 0 Å². The summed E-state index contributed by atoms with van der Waals surface area (Å²) in [7, 11) is -1.82. The van der Waals surface area contributed by atoms with Gasteiger partial charge in [-0.1, -0.05) is 38.8 Å². The number of aromatic nitrogens is 1. The Hall–Kier alpha value is -2.44. The minimum absolute atomic E-state index is 0.1000. The molecule has 198 valence electrons. The molecular weight excluding hydrogens is 480 g/mol. The number of fused-ring (bicyclic) bond motifs is 4. The Morgan fingerprint density at radius 2 is 1.89 bits per heavy atom. The van der Waals surface area contributed by atoms with Crippen molar-refractivity contribution in [1.29, 1.82) is 0 Å². The van der Waals surface area contributed by atoms with E-state index >= 15 is 0 Å². The zero-order valence-electron chi connectivity index (χ0n) is 22.4. The number of methoxy groups -OCH3 is 1. The molecule has 0 saturated carbocycles. The summed E-state index contributed by atoms with van der Waals surface area (Å²) in [5.41, 5.74) is 3.13. The highest BCUT2D eigenvalue weighted by atomic mass is 32.2. The average Bonchev–Trinajstić information content (AvgIpc) is 2.92. The second-order valence-corrected chi connectivity index (χ2v) is 13.0. The van der Waals surface area contributed by atoms with Gasteiger partial charge in [-0.05, 0) is 91.6 Å². The molecule has 1 aromatic heterocycles. The normalized spacial score (nSPS) is 24.3. The molecule has 3 fully saturated rings. The molecule has 0 aliphatic carbocycles. The van der Waals surface area contributed by atoms with Gasteiger partial charge in [-0.25, -0.2) is 8.42 Å². The van der Waals surface area contributed by atoms with Crippen molar-refractivity contribution in [3.8, 4) is 5.75 Å². The van der Waals surface area contributed by atoms with Gasteiger partial charge >= 0.3 is 0 Å². The van der Waals surface area contributed by atoms with Gasteiger partial charge < -0.3 is 4.74 Å². The maximum atomic E-state index is 13.9. The third-order valence-corrected chi connectivity index (χ3v) is 10.5. The van der Waals surface area contributed by atoms with Gasteiger partial charge in [0.05, 0.1) is 23.3 Å². The monoisotopic (exact) mass is 520 g/mol. The first-order chi connectivity index (χ1) is 17.9. The fraction of sp³-hybridized carbons (Fsp3) is 0.516. The molecule has 6 rings (SSSR count). The standard InChI is InChI=1S/C31H40N2O3S/c1-4-6-22-8-11-26(12-9-22)37(34,35)21-29(31-18-23-15-17-33(31)20-24(23)7-5-2)27-14-16-32-30-13-10-25(36-3)19-28(27)30/h8-14,16,19,23-24,29,31H,4-7,15,17-18,20-21H2,1-3H3/t23?,24?,29-,31-/m0/s1. The SMILES string of the molecule is CCCc1ccc(S(=O)(=O)C[C@@H](c2ccnc3ccc(OC)cc23)[C@@H]2CC3CCN2CC3CCC)cc1. The molecule has 0 amide bonds. The number of aryl methyl sites for hydroxylation is 1. The minimum atomic E-state index is -3.49. The third-order valence-electron chi connectivity index (χ3n) is 8.66. The maximum Gasteiger partial charge on any atom is 0.179 e. The molecule has 5 atom stereocenters. The van der Waals surface area contributed by atoms with E-state index in [-0.39, 0.29) is 17.7 Å². The number of sulfone groups is 1. The van der Waals surface area contributed by atoms with Crippen LogP contribution in [0.3, 0.4) is 0 Å². The van der Waals surface area contributed by atoms with E-state index in [1.807, 2.05) is 42.6 Å². The van der Waals surface area contributed by atoms with E-state index in [1.54, 1.807) is 19.2 Å². The van der Waals surface area contributed by atoms with Gasteiger partial charge in [0.1, 0.15) is 5.75 Å². The number of piperidine rings is 3. The highest BCUT2D eigenvalue weighted by Gasteiger charge is 2.44. The number of hydrogen-bond acceptors (Lipinski definition) is 5. The predicted molar refractivity (Wildman–Crippen MR) is 150 cm³/mol. The van der Waals surface area contributed by atoms with Crippen molar-refractivity contribution in [2.45, 2.75) is 69.2 Å². The Labute approximate surface area is 222 Å². The molecule has 6 heteroatoms. The smallest absolute Gasteiger partial charge is 0.179 e. The summed E-state index contributed by atoms with van der Waals surface area (Å²) in [5.74, 6) is 2.14. The molecule has 2 bridgehead atoms. The summed E-state index contributed by atoms with van der Waals surface area (Å²) < 4.78 is 33.3. The number of hydrogen-bond donors (Lipinski definition) is 0. The Balaban J connectivity index is 1.55. The number of pyridine rings is 1. The van der Waals surface area contributed by atoms with Crippen molar-refractivity contribution in [2.75, 3.05) is 26.0 Å². The number of ether oxygens (including phenoxy) is 1. The Bertz CT molecular complexity index is 1320. The molecule has 0 spiro atoms. The van der Waals surface area contributed by atoms with E-state index in [0.717, 1.165) is 60.5 Å². The van der Waals surface area contributed by atoms with Gasteiger partial charge in [-0.3, -0.25) is 9.88 Å². The van der Waals surface area contributed by atoms with Gasteiger partial charge in [-0.15, -0.1) is 0 Å². The Morgan fingerprint density at radius 3 is 2.57 bits per heavy atom.